The normalized spacial score (nSPS) is 17.5. The summed E-state index contributed by atoms with van der Waals surface area (Å²) in [5.41, 5.74) is 1.55. The van der Waals surface area contributed by atoms with Crippen LogP contribution in [0.4, 0.5) is 4.79 Å². The van der Waals surface area contributed by atoms with Crippen molar-refractivity contribution in [1.29, 1.82) is 0 Å². The van der Waals surface area contributed by atoms with Crippen LogP contribution in [-0.4, -0.2) is 25.2 Å². The number of allylic oxidation sites excluding steroid dienone is 2. The van der Waals surface area contributed by atoms with Crippen LogP contribution < -0.4 is 15.4 Å². The molecule has 2 N–H and O–H groups in total. The molecule has 2 amide bonds. The summed E-state index contributed by atoms with van der Waals surface area (Å²) in [6, 6.07) is 6.33. The topological polar surface area (TPSA) is 76.7 Å². The molecule has 1 heterocycles. The molecular weight excluding hydrogens is 308 g/mol. The molecule has 1 aliphatic rings. The molecule has 0 aliphatic carbocycles. The van der Waals surface area contributed by atoms with Crippen molar-refractivity contribution in [3.8, 4) is 5.75 Å². The Morgan fingerprint density at radius 1 is 1.33 bits per heavy atom. The summed E-state index contributed by atoms with van der Waals surface area (Å²) < 4.78 is 10.9. The molecule has 0 radical (unpaired) electrons. The van der Waals surface area contributed by atoms with Crippen LogP contribution in [-0.2, 0) is 9.53 Å². The summed E-state index contributed by atoms with van der Waals surface area (Å²) in [6.07, 6.45) is 3.54. The van der Waals surface area contributed by atoms with Gasteiger partial charge in [0.15, 0.2) is 0 Å². The number of urea groups is 1. The SMILES string of the molecule is C/C=C\COC(=O)C1=C(C)NC(=O)N[C@@H]1c1ccccc1OCC. The van der Waals surface area contributed by atoms with E-state index in [4.69, 9.17) is 9.47 Å². The second-order valence-corrected chi connectivity index (χ2v) is 5.21. The third-order valence-electron chi connectivity index (χ3n) is 3.57. The largest absolute Gasteiger partial charge is 0.494 e. The molecule has 0 unspecified atom stereocenters. The highest BCUT2D eigenvalue weighted by atomic mass is 16.5. The molecule has 0 spiro atoms. The molecule has 1 aromatic carbocycles. The highest BCUT2D eigenvalue weighted by Gasteiger charge is 2.33. The fourth-order valence-electron chi connectivity index (χ4n) is 2.50. The van der Waals surface area contributed by atoms with Gasteiger partial charge < -0.3 is 20.1 Å². The van der Waals surface area contributed by atoms with Gasteiger partial charge in [-0.3, -0.25) is 0 Å². The van der Waals surface area contributed by atoms with Crippen molar-refractivity contribution in [2.75, 3.05) is 13.2 Å². The molecule has 0 fully saturated rings. The van der Waals surface area contributed by atoms with Crippen LogP contribution in [0.25, 0.3) is 0 Å². The highest BCUT2D eigenvalue weighted by Crippen LogP contribution is 2.33. The first-order valence-electron chi connectivity index (χ1n) is 7.86. The lowest BCUT2D eigenvalue weighted by Gasteiger charge is -2.29. The van der Waals surface area contributed by atoms with Crippen molar-refractivity contribution in [2.24, 2.45) is 0 Å². The zero-order valence-corrected chi connectivity index (χ0v) is 14.1. The molecule has 6 nitrogen and oxygen atoms in total. The lowest BCUT2D eigenvalue weighted by molar-refractivity contribution is -0.138. The summed E-state index contributed by atoms with van der Waals surface area (Å²) in [6.45, 7) is 6.08. The van der Waals surface area contributed by atoms with E-state index < -0.39 is 12.0 Å². The van der Waals surface area contributed by atoms with Gasteiger partial charge in [0.2, 0.25) is 0 Å². The lowest BCUT2D eigenvalue weighted by atomic mass is 9.95. The van der Waals surface area contributed by atoms with Gasteiger partial charge in [-0.1, -0.05) is 30.4 Å². The van der Waals surface area contributed by atoms with Crippen LogP contribution in [0.5, 0.6) is 5.75 Å². The van der Waals surface area contributed by atoms with Crippen molar-refractivity contribution in [2.45, 2.75) is 26.8 Å². The number of amides is 2. The van der Waals surface area contributed by atoms with Crippen LogP contribution in [0.2, 0.25) is 0 Å². The maximum absolute atomic E-state index is 12.5. The van der Waals surface area contributed by atoms with Crippen LogP contribution >= 0.6 is 0 Å². The quantitative estimate of drug-likeness (QED) is 0.621. The second kappa shape index (κ2) is 8.19. The predicted molar refractivity (Wildman–Crippen MR) is 90.5 cm³/mol. The summed E-state index contributed by atoms with van der Waals surface area (Å²) in [4.78, 5) is 24.4. The summed E-state index contributed by atoms with van der Waals surface area (Å²) in [5.74, 6) is 0.146. The van der Waals surface area contributed by atoms with Crippen LogP contribution in [0.1, 0.15) is 32.4 Å². The summed E-state index contributed by atoms with van der Waals surface area (Å²) in [7, 11) is 0. The van der Waals surface area contributed by atoms with E-state index in [1.165, 1.54) is 0 Å². The Balaban J connectivity index is 2.40. The number of hydrogen-bond donors (Lipinski definition) is 2. The van der Waals surface area contributed by atoms with E-state index in [2.05, 4.69) is 10.6 Å². The van der Waals surface area contributed by atoms with Gasteiger partial charge >= 0.3 is 12.0 Å². The Morgan fingerprint density at radius 3 is 2.79 bits per heavy atom. The van der Waals surface area contributed by atoms with E-state index in [9.17, 15) is 9.59 Å². The third-order valence-corrected chi connectivity index (χ3v) is 3.57. The van der Waals surface area contributed by atoms with Gasteiger partial charge in [0.25, 0.3) is 0 Å². The molecule has 2 rings (SSSR count). The molecule has 1 aliphatic heterocycles. The van der Waals surface area contributed by atoms with Gasteiger partial charge in [0.05, 0.1) is 18.2 Å². The van der Waals surface area contributed by atoms with E-state index in [1.807, 2.05) is 38.1 Å². The highest BCUT2D eigenvalue weighted by molar-refractivity contribution is 5.95. The Kier molecular flexibility index (Phi) is 6.01. The average Bonchev–Trinajstić information content (AvgIpc) is 2.55. The maximum atomic E-state index is 12.5. The van der Waals surface area contributed by atoms with Gasteiger partial charge in [-0.05, 0) is 26.8 Å². The smallest absolute Gasteiger partial charge is 0.338 e. The number of nitrogens with one attached hydrogen (secondary N) is 2. The van der Waals surface area contributed by atoms with Crippen LogP contribution in [0.15, 0.2) is 47.7 Å². The number of esters is 1. The molecule has 0 saturated heterocycles. The Hall–Kier alpha value is -2.76. The Bertz CT molecular complexity index is 679. The van der Waals surface area contributed by atoms with E-state index in [0.29, 0.717) is 29.2 Å². The number of carbonyl (C=O) groups excluding carboxylic acids is 2. The molecule has 128 valence electrons. The van der Waals surface area contributed by atoms with Crippen LogP contribution in [0.3, 0.4) is 0 Å². The molecule has 0 saturated carbocycles. The molecule has 6 heteroatoms. The standard InChI is InChI=1S/C18H22N2O4/c1-4-6-11-24-17(21)15-12(3)19-18(22)20-16(15)13-9-7-8-10-14(13)23-5-2/h4,6-10,16H,5,11H2,1-3H3,(H2,19,20,22)/b6-4-/t16-/m1/s1. The number of para-hydroxylation sites is 1. The van der Waals surface area contributed by atoms with Gasteiger partial charge in [-0.25, -0.2) is 9.59 Å². The van der Waals surface area contributed by atoms with E-state index in [0.717, 1.165) is 0 Å². The zero-order valence-electron chi connectivity index (χ0n) is 14.1. The van der Waals surface area contributed by atoms with Crippen molar-refractivity contribution in [3.05, 3.63) is 53.3 Å². The van der Waals surface area contributed by atoms with E-state index in [1.54, 1.807) is 19.1 Å². The molecule has 1 aromatic rings. The summed E-state index contributed by atoms with van der Waals surface area (Å²) in [5, 5.41) is 5.40. The number of benzene rings is 1. The van der Waals surface area contributed by atoms with Gasteiger partial charge in [-0.2, -0.15) is 0 Å². The first-order chi connectivity index (χ1) is 11.6. The monoisotopic (exact) mass is 330 g/mol. The van der Waals surface area contributed by atoms with Crippen molar-refractivity contribution in [1.82, 2.24) is 10.6 Å². The van der Waals surface area contributed by atoms with E-state index in [-0.39, 0.29) is 12.6 Å². The Labute approximate surface area is 141 Å². The fraction of sp³-hybridized carbons (Fsp3) is 0.333. The third kappa shape index (κ3) is 3.95. The van der Waals surface area contributed by atoms with E-state index >= 15 is 0 Å². The Morgan fingerprint density at radius 2 is 2.08 bits per heavy atom. The molecule has 1 atom stereocenters. The van der Waals surface area contributed by atoms with Crippen molar-refractivity contribution >= 4 is 12.0 Å². The first-order valence-corrected chi connectivity index (χ1v) is 7.86. The minimum atomic E-state index is -0.625. The number of ether oxygens (including phenoxy) is 2. The van der Waals surface area contributed by atoms with Gasteiger partial charge in [-0.15, -0.1) is 0 Å². The predicted octanol–water partition coefficient (Wildman–Crippen LogP) is 2.83. The molecule has 24 heavy (non-hydrogen) atoms. The zero-order chi connectivity index (χ0) is 17.5. The maximum Gasteiger partial charge on any atom is 0.338 e. The fourth-order valence-corrected chi connectivity index (χ4v) is 2.50. The average molecular weight is 330 g/mol. The number of carbonyl (C=O) groups is 2. The number of rotatable bonds is 6. The minimum absolute atomic E-state index is 0.180. The molecular formula is C18H22N2O4. The van der Waals surface area contributed by atoms with Crippen molar-refractivity contribution < 1.29 is 19.1 Å². The molecule has 0 bridgehead atoms. The number of hydrogen-bond acceptors (Lipinski definition) is 4. The second-order valence-electron chi connectivity index (χ2n) is 5.21. The van der Waals surface area contributed by atoms with Crippen LogP contribution in [0, 0.1) is 0 Å². The van der Waals surface area contributed by atoms with Crippen molar-refractivity contribution in [3.63, 3.8) is 0 Å². The first kappa shape index (κ1) is 17.6. The van der Waals surface area contributed by atoms with Gasteiger partial charge in [0.1, 0.15) is 12.4 Å². The minimum Gasteiger partial charge on any atom is -0.494 e. The lowest BCUT2D eigenvalue weighted by Crippen LogP contribution is -2.45. The summed E-state index contributed by atoms with van der Waals surface area (Å²) >= 11 is 0. The van der Waals surface area contributed by atoms with Gasteiger partial charge in [0, 0.05) is 11.3 Å². The molecule has 0 aromatic heterocycles.